The Kier molecular flexibility index (Phi) is 5.99. The highest BCUT2D eigenvalue weighted by molar-refractivity contribution is 6.30. The minimum Gasteiger partial charge on any atom is -0.444 e. The number of carbonyl (C=O) groups excluding carboxylic acids is 2. The van der Waals surface area contributed by atoms with Crippen LogP contribution in [0.4, 0.5) is 10.5 Å². The van der Waals surface area contributed by atoms with E-state index in [1.54, 1.807) is 12.1 Å². The molecule has 29 heavy (non-hydrogen) atoms. The highest BCUT2D eigenvalue weighted by atomic mass is 35.5. The van der Waals surface area contributed by atoms with Crippen molar-refractivity contribution < 1.29 is 19.1 Å². The number of benzene rings is 2. The van der Waals surface area contributed by atoms with Gasteiger partial charge in [0.25, 0.3) is 0 Å². The third-order valence-corrected chi connectivity index (χ3v) is 5.39. The van der Waals surface area contributed by atoms with Crippen LogP contribution in [0.15, 0.2) is 48.5 Å². The number of anilines is 1. The summed E-state index contributed by atoms with van der Waals surface area (Å²) in [4.78, 5) is 26.0. The molecule has 4 rings (SSSR count). The van der Waals surface area contributed by atoms with Crippen LogP contribution >= 0.6 is 11.6 Å². The molecule has 7 nitrogen and oxygen atoms in total. The van der Waals surface area contributed by atoms with Crippen LogP contribution in [-0.2, 0) is 20.9 Å². The Morgan fingerprint density at radius 1 is 1.17 bits per heavy atom. The Bertz CT molecular complexity index is 868. The average Bonchev–Trinajstić information content (AvgIpc) is 2.67. The van der Waals surface area contributed by atoms with Gasteiger partial charge in [-0.05, 0) is 35.4 Å². The number of ether oxygens (including phenoxy) is 2. The molecule has 0 spiro atoms. The number of carbonyl (C=O) groups is 2. The molecule has 0 unspecified atom stereocenters. The van der Waals surface area contributed by atoms with Crippen molar-refractivity contribution in [2.24, 2.45) is 0 Å². The Balaban J connectivity index is 1.34. The van der Waals surface area contributed by atoms with E-state index in [-0.39, 0.29) is 24.6 Å². The van der Waals surface area contributed by atoms with Crippen LogP contribution < -0.4 is 10.6 Å². The number of rotatable bonds is 5. The average molecular weight is 416 g/mol. The molecule has 0 bridgehead atoms. The van der Waals surface area contributed by atoms with Gasteiger partial charge in [0.2, 0.25) is 5.91 Å². The maximum atomic E-state index is 12.0. The maximum Gasteiger partial charge on any atom is 0.411 e. The van der Waals surface area contributed by atoms with E-state index in [0.29, 0.717) is 37.0 Å². The molecule has 8 heteroatoms. The minimum atomic E-state index is -0.522. The third-order valence-electron chi connectivity index (χ3n) is 5.13. The summed E-state index contributed by atoms with van der Waals surface area (Å²) < 4.78 is 10.5. The van der Waals surface area contributed by atoms with E-state index in [4.69, 9.17) is 21.1 Å². The molecule has 0 radical (unpaired) electrons. The van der Waals surface area contributed by atoms with Gasteiger partial charge in [-0.25, -0.2) is 4.79 Å². The maximum absolute atomic E-state index is 12.0. The fourth-order valence-electron chi connectivity index (χ4n) is 3.44. The molecule has 2 aromatic carbocycles. The van der Waals surface area contributed by atoms with E-state index >= 15 is 0 Å². The lowest BCUT2D eigenvalue weighted by Crippen LogP contribution is -2.58. The van der Waals surface area contributed by atoms with Crippen molar-refractivity contribution >= 4 is 29.3 Å². The lowest BCUT2D eigenvalue weighted by Gasteiger charge is -2.44. The Morgan fingerprint density at radius 2 is 1.90 bits per heavy atom. The fraction of sp³-hybridized carbons (Fsp3) is 0.333. The highest BCUT2D eigenvalue weighted by Crippen LogP contribution is 2.28. The van der Waals surface area contributed by atoms with Crippen molar-refractivity contribution in [3.8, 4) is 0 Å². The quantitative estimate of drug-likeness (QED) is 0.784. The van der Waals surface area contributed by atoms with Crippen LogP contribution in [0.3, 0.4) is 0 Å². The van der Waals surface area contributed by atoms with Crippen molar-refractivity contribution in [2.75, 3.05) is 31.6 Å². The summed E-state index contributed by atoms with van der Waals surface area (Å²) in [5.74, 6) is 0.0369. The summed E-state index contributed by atoms with van der Waals surface area (Å²) in [7, 11) is 0. The molecule has 0 aromatic heterocycles. The van der Waals surface area contributed by atoms with Gasteiger partial charge in [-0.1, -0.05) is 35.9 Å². The van der Waals surface area contributed by atoms with Gasteiger partial charge in [-0.3, -0.25) is 15.0 Å². The second-order valence-electron chi connectivity index (χ2n) is 7.13. The number of nitrogens with one attached hydrogen (secondary N) is 2. The molecule has 2 aliphatic rings. The standard InChI is InChI=1S/C21H22ClN3O4/c22-16-5-1-14(2-6-16)11-29-21(27)24-17-7-3-15(4-8-17)19-9-23-20(26)10-25(19)18-12-28-13-18/h1-8,18-19H,9-13H2,(H,23,26)(H,24,27)/t19-/m1/s1. The first-order valence-electron chi connectivity index (χ1n) is 9.47. The van der Waals surface area contributed by atoms with Gasteiger partial charge >= 0.3 is 6.09 Å². The molecular weight excluding hydrogens is 394 g/mol. The van der Waals surface area contributed by atoms with Crippen LogP contribution in [0.5, 0.6) is 0 Å². The third kappa shape index (κ3) is 4.87. The Labute approximate surface area is 173 Å². The first kappa shape index (κ1) is 19.7. The summed E-state index contributed by atoms with van der Waals surface area (Å²) >= 11 is 5.85. The minimum absolute atomic E-state index is 0.0369. The van der Waals surface area contributed by atoms with Crippen LogP contribution in [0, 0.1) is 0 Å². The van der Waals surface area contributed by atoms with Crippen LogP contribution in [0.1, 0.15) is 17.2 Å². The van der Waals surface area contributed by atoms with Crippen molar-refractivity contribution in [1.29, 1.82) is 0 Å². The molecule has 2 fully saturated rings. The summed E-state index contributed by atoms with van der Waals surface area (Å²) in [6, 6.07) is 15.1. The van der Waals surface area contributed by atoms with Gasteiger partial charge < -0.3 is 14.8 Å². The topological polar surface area (TPSA) is 79.9 Å². The lowest BCUT2D eigenvalue weighted by molar-refractivity contribution is -0.134. The molecule has 1 atom stereocenters. The number of halogens is 1. The van der Waals surface area contributed by atoms with E-state index in [1.807, 2.05) is 36.4 Å². The largest absolute Gasteiger partial charge is 0.444 e. The van der Waals surface area contributed by atoms with Crippen molar-refractivity contribution in [3.63, 3.8) is 0 Å². The van der Waals surface area contributed by atoms with Crippen LogP contribution in [0.25, 0.3) is 0 Å². The van der Waals surface area contributed by atoms with Gasteiger partial charge in [-0.2, -0.15) is 0 Å². The molecule has 2 amide bonds. The predicted molar refractivity (Wildman–Crippen MR) is 109 cm³/mol. The van der Waals surface area contributed by atoms with E-state index in [1.165, 1.54) is 0 Å². The fourth-order valence-corrected chi connectivity index (χ4v) is 3.57. The molecule has 2 heterocycles. The molecule has 0 saturated carbocycles. The van der Waals surface area contributed by atoms with E-state index in [9.17, 15) is 9.59 Å². The molecule has 0 aliphatic carbocycles. The second kappa shape index (κ2) is 8.82. The Morgan fingerprint density at radius 3 is 2.55 bits per heavy atom. The van der Waals surface area contributed by atoms with Crippen LogP contribution in [-0.4, -0.2) is 49.2 Å². The number of piperazine rings is 1. The van der Waals surface area contributed by atoms with E-state index < -0.39 is 6.09 Å². The first-order chi connectivity index (χ1) is 14.1. The lowest BCUT2D eigenvalue weighted by atomic mass is 10.00. The number of hydrogen-bond donors (Lipinski definition) is 2. The van der Waals surface area contributed by atoms with E-state index in [0.717, 1.165) is 11.1 Å². The smallest absolute Gasteiger partial charge is 0.411 e. The molecule has 2 saturated heterocycles. The monoisotopic (exact) mass is 415 g/mol. The summed E-state index contributed by atoms with van der Waals surface area (Å²) in [6.07, 6.45) is -0.522. The molecule has 152 valence electrons. The number of amides is 2. The number of nitrogens with zero attached hydrogens (tertiary/aromatic N) is 1. The van der Waals surface area contributed by atoms with Crippen molar-refractivity contribution in [2.45, 2.75) is 18.7 Å². The normalized spacial score (nSPS) is 19.9. The van der Waals surface area contributed by atoms with E-state index in [2.05, 4.69) is 15.5 Å². The zero-order valence-electron chi connectivity index (χ0n) is 15.8. The van der Waals surface area contributed by atoms with Gasteiger partial charge in [0.05, 0.1) is 31.8 Å². The van der Waals surface area contributed by atoms with Crippen molar-refractivity contribution in [1.82, 2.24) is 10.2 Å². The zero-order valence-corrected chi connectivity index (χ0v) is 16.5. The van der Waals surface area contributed by atoms with Gasteiger partial charge in [-0.15, -0.1) is 0 Å². The van der Waals surface area contributed by atoms with Gasteiger partial charge in [0.15, 0.2) is 0 Å². The Hall–Kier alpha value is -2.61. The summed E-state index contributed by atoms with van der Waals surface area (Å²) in [5, 5.41) is 6.29. The molecule has 2 aliphatic heterocycles. The molecular formula is C21H22ClN3O4. The van der Waals surface area contributed by atoms with Gasteiger partial charge in [0.1, 0.15) is 6.61 Å². The van der Waals surface area contributed by atoms with Crippen LogP contribution in [0.2, 0.25) is 5.02 Å². The summed E-state index contributed by atoms with van der Waals surface area (Å²) in [6.45, 7) is 2.41. The first-order valence-corrected chi connectivity index (χ1v) is 9.84. The highest BCUT2D eigenvalue weighted by Gasteiger charge is 2.36. The summed E-state index contributed by atoms with van der Waals surface area (Å²) in [5.41, 5.74) is 2.59. The molecule has 2 N–H and O–H groups in total. The van der Waals surface area contributed by atoms with Crippen molar-refractivity contribution in [3.05, 3.63) is 64.7 Å². The second-order valence-corrected chi connectivity index (χ2v) is 7.57. The zero-order chi connectivity index (χ0) is 20.2. The van der Waals surface area contributed by atoms with Gasteiger partial charge in [0, 0.05) is 17.3 Å². The predicted octanol–water partition coefficient (Wildman–Crippen LogP) is 2.96. The SMILES string of the molecule is O=C1CN(C2COC2)[C@@H](c2ccc(NC(=O)OCc3ccc(Cl)cc3)cc2)CN1. The number of hydrogen-bond acceptors (Lipinski definition) is 5. The molecule has 2 aromatic rings.